The van der Waals surface area contributed by atoms with Crippen molar-refractivity contribution in [2.24, 2.45) is 10.8 Å². The minimum atomic E-state index is -3.63. The molecule has 2 N–H and O–H groups in total. The van der Waals surface area contributed by atoms with Gasteiger partial charge in [-0.25, -0.2) is 0 Å². The standard InChI is InChI=1S/C40H34Cl4O10/c1-3-53-37(51)40(38(52)54-4-2,32(24-7-15-28(42)16-8-24)22-34(46)26-11-19-30(44)20-12-26)39(35(47)48,36(49)50)31(23-5-13-27(41)14-6-23)21-33(45)25-9-17-29(43)18-10-25/h5-20,31-32H,3-4,21-22H2,1-2H3,(H,47,48)(H,49,50). The molecule has 4 aromatic rings. The highest BCUT2D eigenvalue weighted by Gasteiger charge is 2.78. The van der Waals surface area contributed by atoms with Crippen LogP contribution >= 0.6 is 46.4 Å². The zero-order chi connectivity index (χ0) is 39.8. The van der Waals surface area contributed by atoms with Gasteiger partial charge in [0.2, 0.25) is 0 Å². The van der Waals surface area contributed by atoms with Gasteiger partial charge in [-0.3, -0.25) is 28.8 Å². The molecular formula is C40H34Cl4O10. The van der Waals surface area contributed by atoms with Gasteiger partial charge >= 0.3 is 23.9 Å². The van der Waals surface area contributed by atoms with Crippen LogP contribution in [-0.2, 0) is 28.7 Å². The van der Waals surface area contributed by atoms with Crippen LogP contribution in [0.2, 0.25) is 20.1 Å². The summed E-state index contributed by atoms with van der Waals surface area (Å²) >= 11 is 24.5. The number of hydrogen-bond acceptors (Lipinski definition) is 8. The van der Waals surface area contributed by atoms with Crippen LogP contribution < -0.4 is 0 Å². The summed E-state index contributed by atoms with van der Waals surface area (Å²) in [6.07, 6.45) is -1.72. The quantitative estimate of drug-likeness (QED) is 0.0598. The van der Waals surface area contributed by atoms with Crippen molar-refractivity contribution in [3.05, 3.63) is 139 Å². The number of carbonyl (C=O) groups is 6. The first-order chi connectivity index (χ1) is 25.6. The Hall–Kier alpha value is -4.74. The maximum atomic E-state index is 14.9. The number of carboxylic acid groups (broad SMARTS) is 2. The molecule has 0 aliphatic heterocycles. The molecule has 0 amide bonds. The highest BCUT2D eigenvalue weighted by atomic mass is 35.5. The third-order valence-electron chi connectivity index (χ3n) is 9.19. The van der Waals surface area contributed by atoms with Crippen LogP contribution in [0.1, 0.15) is 70.4 Å². The molecule has 0 spiro atoms. The summed E-state index contributed by atoms with van der Waals surface area (Å²) in [5, 5.41) is 24.0. The SMILES string of the molecule is CCOC(=O)C(C(=O)OCC)(C(CC(=O)c1ccc(Cl)cc1)c1ccc(Cl)cc1)C(C(=O)O)(C(=O)O)C(CC(=O)c1ccc(Cl)cc1)c1ccc(Cl)cc1. The molecule has 10 nitrogen and oxygen atoms in total. The van der Waals surface area contributed by atoms with Crippen LogP contribution in [0, 0.1) is 10.8 Å². The van der Waals surface area contributed by atoms with E-state index in [2.05, 4.69) is 0 Å². The Morgan fingerprint density at radius 1 is 0.500 bits per heavy atom. The van der Waals surface area contributed by atoms with E-state index >= 15 is 0 Å². The van der Waals surface area contributed by atoms with E-state index < -0.39 is 84.2 Å². The van der Waals surface area contributed by atoms with E-state index in [9.17, 15) is 39.0 Å². The van der Waals surface area contributed by atoms with Crippen molar-refractivity contribution in [2.45, 2.75) is 38.5 Å². The van der Waals surface area contributed by atoms with Crippen LogP contribution in [0.3, 0.4) is 0 Å². The Bertz CT molecular complexity index is 1980. The van der Waals surface area contributed by atoms with Crippen molar-refractivity contribution in [1.82, 2.24) is 0 Å². The lowest BCUT2D eigenvalue weighted by Crippen LogP contribution is -2.67. The minimum Gasteiger partial charge on any atom is -0.480 e. The number of esters is 2. The summed E-state index contributed by atoms with van der Waals surface area (Å²) in [5.74, 6) is -13.1. The Morgan fingerprint density at radius 3 is 1.06 bits per heavy atom. The van der Waals surface area contributed by atoms with Crippen LogP contribution in [-0.4, -0.2) is 58.9 Å². The number of aliphatic carboxylic acids is 2. The van der Waals surface area contributed by atoms with Crippen molar-refractivity contribution in [2.75, 3.05) is 13.2 Å². The van der Waals surface area contributed by atoms with Crippen LogP contribution in [0.5, 0.6) is 0 Å². The molecule has 0 radical (unpaired) electrons. The summed E-state index contributed by atoms with van der Waals surface area (Å²) in [6.45, 7) is 1.83. The fraction of sp³-hybridized carbons (Fsp3) is 0.250. The van der Waals surface area contributed by atoms with E-state index in [0.29, 0.717) is 5.02 Å². The van der Waals surface area contributed by atoms with Gasteiger partial charge < -0.3 is 19.7 Å². The first-order valence-electron chi connectivity index (χ1n) is 16.5. The number of rotatable bonds is 17. The van der Waals surface area contributed by atoms with Gasteiger partial charge in [-0.1, -0.05) is 70.7 Å². The topological polar surface area (TPSA) is 161 Å². The molecule has 0 saturated carbocycles. The number of halogens is 4. The van der Waals surface area contributed by atoms with Crippen molar-refractivity contribution in [3.63, 3.8) is 0 Å². The van der Waals surface area contributed by atoms with E-state index in [1.54, 1.807) is 0 Å². The molecule has 4 aromatic carbocycles. The predicted molar refractivity (Wildman–Crippen MR) is 203 cm³/mol. The monoisotopic (exact) mass is 814 g/mol. The molecule has 0 bridgehead atoms. The largest absolute Gasteiger partial charge is 0.480 e. The molecule has 282 valence electrons. The molecule has 0 aliphatic carbocycles. The maximum absolute atomic E-state index is 14.9. The number of hydrogen-bond donors (Lipinski definition) is 2. The number of carbonyl (C=O) groups excluding carboxylic acids is 4. The number of carboxylic acids is 2. The smallest absolute Gasteiger partial charge is 0.326 e. The number of Topliss-reactive ketones (excluding diaryl/α,β-unsaturated/α-hetero) is 2. The third kappa shape index (κ3) is 8.32. The van der Waals surface area contributed by atoms with E-state index in [-0.39, 0.29) is 37.3 Å². The van der Waals surface area contributed by atoms with Gasteiger partial charge in [0.25, 0.3) is 0 Å². The molecule has 0 aromatic heterocycles. The summed E-state index contributed by atoms with van der Waals surface area (Å²) in [6, 6.07) is 21.8. The normalized spacial score (nSPS) is 12.6. The lowest BCUT2D eigenvalue weighted by Gasteiger charge is -2.48. The fourth-order valence-corrected chi connectivity index (χ4v) is 7.27. The molecule has 2 atom stereocenters. The molecule has 4 rings (SSSR count). The maximum Gasteiger partial charge on any atom is 0.326 e. The second-order valence-corrected chi connectivity index (χ2v) is 13.9. The fourth-order valence-electron chi connectivity index (χ4n) is 6.77. The van der Waals surface area contributed by atoms with Gasteiger partial charge in [0.1, 0.15) is 0 Å². The van der Waals surface area contributed by atoms with Crippen molar-refractivity contribution < 1.29 is 48.5 Å². The molecule has 0 fully saturated rings. The van der Waals surface area contributed by atoms with Gasteiger partial charge in [-0.2, -0.15) is 0 Å². The van der Waals surface area contributed by atoms with E-state index in [4.69, 9.17) is 55.9 Å². The second kappa shape index (κ2) is 18.1. The first kappa shape index (κ1) is 42.0. The van der Waals surface area contributed by atoms with Crippen LogP contribution in [0.25, 0.3) is 0 Å². The Balaban J connectivity index is 2.23. The molecule has 0 saturated heterocycles. The summed E-state index contributed by atoms with van der Waals surface area (Å²) in [5.41, 5.74) is -7.11. The second-order valence-electron chi connectivity index (χ2n) is 12.1. The lowest BCUT2D eigenvalue weighted by atomic mass is 9.48. The minimum absolute atomic E-state index is 0.0214. The van der Waals surface area contributed by atoms with Crippen LogP contribution in [0.15, 0.2) is 97.1 Å². The molecule has 14 heteroatoms. The van der Waals surface area contributed by atoms with E-state index in [1.807, 2.05) is 0 Å². The molecule has 54 heavy (non-hydrogen) atoms. The van der Waals surface area contributed by atoms with Gasteiger partial charge in [0, 0.05) is 55.9 Å². The van der Waals surface area contributed by atoms with Crippen molar-refractivity contribution >= 4 is 81.8 Å². The Morgan fingerprint density at radius 2 is 0.778 bits per heavy atom. The Labute approximate surface area is 330 Å². The lowest BCUT2D eigenvalue weighted by molar-refractivity contribution is -0.205. The third-order valence-corrected chi connectivity index (χ3v) is 10.2. The summed E-state index contributed by atoms with van der Waals surface area (Å²) in [4.78, 5) is 86.8. The Kier molecular flexibility index (Phi) is 14.0. The predicted octanol–water partition coefficient (Wildman–Crippen LogP) is 8.98. The first-order valence-corrected chi connectivity index (χ1v) is 18.1. The zero-order valence-corrected chi connectivity index (χ0v) is 31.9. The number of ketones is 2. The molecular weight excluding hydrogens is 782 g/mol. The van der Waals surface area contributed by atoms with E-state index in [1.165, 1.54) is 111 Å². The number of benzene rings is 4. The van der Waals surface area contributed by atoms with Crippen molar-refractivity contribution in [3.8, 4) is 0 Å². The number of ether oxygens (including phenoxy) is 2. The zero-order valence-electron chi connectivity index (χ0n) is 28.9. The highest BCUT2D eigenvalue weighted by Crippen LogP contribution is 2.61. The average molecular weight is 817 g/mol. The van der Waals surface area contributed by atoms with Gasteiger partial charge in [-0.15, -0.1) is 0 Å². The van der Waals surface area contributed by atoms with Gasteiger partial charge in [0.15, 0.2) is 22.4 Å². The average Bonchev–Trinajstić information content (AvgIpc) is 3.13. The van der Waals surface area contributed by atoms with Crippen molar-refractivity contribution in [1.29, 1.82) is 0 Å². The summed E-state index contributed by atoms with van der Waals surface area (Å²) < 4.78 is 11.0. The highest BCUT2D eigenvalue weighted by molar-refractivity contribution is 6.31. The summed E-state index contributed by atoms with van der Waals surface area (Å²) in [7, 11) is 0. The van der Waals surface area contributed by atoms with Crippen LogP contribution in [0.4, 0.5) is 0 Å². The van der Waals surface area contributed by atoms with E-state index in [0.717, 1.165) is 0 Å². The molecule has 0 aliphatic rings. The van der Waals surface area contributed by atoms with Gasteiger partial charge in [-0.05, 0) is 97.8 Å². The molecule has 0 heterocycles. The van der Waals surface area contributed by atoms with Gasteiger partial charge in [0.05, 0.1) is 13.2 Å². The molecule has 2 unspecified atom stereocenters.